The molecule has 1 saturated heterocycles. The summed E-state index contributed by atoms with van der Waals surface area (Å²) < 4.78 is 0. The Balaban J connectivity index is 2.66. The van der Waals surface area contributed by atoms with Crippen molar-refractivity contribution in [2.45, 2.75) is 45.0 Å². The van der Waals surface area contributed by atoms with Crippen LogP contribution in [-0.2, 0) is 4.79 Å². The van der Waals surface area contributed by atoms with Crippen molar-refractivity contribution in [2.24, 2.45) is 5.92 Å². The number of urea groups is 1. The Hall–Kier alpha value is -0.910. The van der Waals surface area contributed by atoms with E-state index in [1.54, 1.807) is 18.7 Å². The van der Waals surface area contributed by atoms with Gasteiger partial charge in [0.2, 0.25) is 0 Å². The predicted octanol–water partition coefficient (Wildman–Crippen LogP) is 1.63. The van der Waals surface area contributed by atoms with Crippen LogP contribution in [0.25, 0.3) is 0 Å². The fourth-order valence-corrected chi connectivity index (χ4v) is 3.05. The molecule has 0 radical (unpaired) electrons. The Bertz CT molecular complexity index is 322. The van der Waals surface area contributed by atoms with Crippen LogP contribution in [0.15, 0.2) is 0 Å². The van der Waals surface area contributed by atoms with Crippen molar-refractivity contribution in [3.8, 4) is 0 Å². The second-order valence-corrected chi connectivity index (χ2v) is 6.50. The average molecular weight is 274 g/mol. The number of rotatable bonds is 3. The number of carbonyl (C=O) groups is 2. The van der Waals surface area contributed by atoms with Crippen LogP contribution >= 0.6 is 11.8 Å². The summed E-state index contributed by atoms with van der Waals surface area (Å²) in [6.07, 6.45) is 0. The van der Waals surface area contributed by atoms with E-state index in [1.807, 2.05) is 18.7 Å². The molecule has 0 spiro atoms. The molecule has 1 rings (SSSR count). The lowest BCUT2D eigenvalue weighted by atomic mass is 10.1. The van der Waals surface area contributed by atoms with Crippen molar-refractivity contribution >= 4 is 23.8 Å². The van der Waals surface area contributed by atoms with Crippen LogP contribution < -0.4 is 5.32 Å². The Labute approximate surface area is 112 Å². The highest BCUT2D eigenvalue weighted by atomic mass is 32.2. The van der Waals surface area contributed by atoms with Gasteiger partial charge in [-0.2, -0.15) is 11.8 Å². The third-order valence-corrected chi connectivity index (χ3v) is 4.69. The Morgan fingerprint density at radius 1 is 1.39 bits per heavy atom. The fraction of sp³-hybridized carbons (Fsp3) is 0.833. The number of nitrogens with one attached hydrogen (secondary N) is 1. The minimum atomic E-state index is -0.981. The van der Waals surface area contributed by atoms with Gasteiger partial charge in [-0.05, 0) is 12.8 Å². The summed E-state index contributed by atoms with van der Waals surface area (Å²) in [5.41, 5.74) is 0. The second-order valence-electron chi connectivity index (χ2n) is 5.02. The van der Waals surface area contributed by atoms with Crippen molar-refractivity contribution in [1.29, 1.82) is 0 Å². The van der Waals surface area contributed by atoms with E-state index in [2.05, 4.69) is 12.2 Å². The van der Waals surface area contributed by atoms with Gasteiger partial charge in [0, 0.05) is 23.6 Å². The highest BCUT2D eigenvalue weighted by molar-refractivity contribution is 8.00. The van der Waals surface area contributed by atoms with Crippen molar-refractivity contribution in [3.05, 3.63) is 0 Å². The molecule has 3 atom stereocenters. The maximum atomic E-state index is 12.1. The Morgan fingerprint density at radius 2 is 2.00 bits per heavy atom. The molecule has 0 saturated carbocycles. The monoisotopic (exact) mass is 274 g/mol. The molecule has 6 heteroatoms. The van der Waals surface area contributed by atoms with Gasteiger partial charge in [0.05, 0.1) is 0 Å². The average Bonchev–Trinajstić information content (AvgIpc) is 2.28. The number of aliphatic carboxylic acids is 1. The van der Waals surface area contributed by atoms with Gasteiger partial charge >= 0.3 is 12.0 Å². The van der Waals surface area contributed by atoms with E-state index in [4.69, 9.17) is 5.11 Å². The van der Waals surface area contributed by atoms with E-state index < -0.39 is 12.0 Å². The van der Waals surface area contributed by atoms with Gasteiger partial charge in [-0.15, -0.1) is 0 Å². The van der Waals surface area contributed by atoms with Gasteiger partial charge in [0.25, 0.3) is 0 Å². The molecule has 0 bridgehead atoms. The lowest BCUT2D eigenvalue weighted by Gasteiger charge is -2.38. The van der Waals surface area contributed by atoms with E-state index in [9.17, 15) is 9.59 Å². The molecule has 1 aliphatic heterocycles. The third-order valence-electron chi connectivity index (χ3n) is 3.36. The number of carbonyl (C=O) groups excluding carboxylic acids is 1. The van der Waals surface area contributed by atoms with Crippen LogP contribution in [0.3, 0.4) is 0 Å². The second kappa shape index (κ2) is 6.31. The zero-order valence-electron chi connectivity index (χ0n) is 11.3. The van der Waals surface area contributed by atoms with Crippen molar-refractivity contribution in [2.75, 3.05) is 12.3 Å². The first-order valence-electron chi connectivity index (χ1n) is 6.26. The summed E-state index contributed by atoms with van der Waals surface area (Å²) in [5, 5.41) is 12.1. The SMILES string of the molecule is CC1SCCN(C(=O)N[C@@H](C(=O)O)C(C)C)C1C. The molecule has 5 nitrogen and oxygen atoms in total. The molecule has 2 N–H and O–H groups in total. The largest absolute Gasteiger partial charge is 0.480 e. The predicted molar refractivity (Wildman–Crippen MR) is 72.9 cm³/mol. The van der Waals surface area contributed by atoms with Gasteiger partial charge < -0.3 is 15.3 Å². The molecule has 2 amide bonds. The fourth-order valence-electron chi connectivity index (χ4n) is 1.95. The van der Waals surface area contributed by atoms with Crippen LogP contribution in [0.5, 0.6) is 0 Å². The molecular weight excluding hydrogens is 252 g/mol. The van der Waals surface area contributed by atoms with Crippen LogP contribution in [0.4, 0.5) is 4.79 Å². The molecule has 0 aromatic heterocycles. The maximum Gasteiger partial charge on any atom is 0.326 e. The number of carboxylic acid groups (broad SMARTS) is 1. The van der Waals surface area contributed by atoms with E-state index in [1.165, 1.54) is 0 Å². The number of hydrogen-bond donors (Lipinski definition) is 2. The van der Waals surface area contributed by atoms with E-state index in [-0.39, 0.29) is 18.0 Å². The van der Waals surface area contributed by atoms with Crippen molar-refractivity contribution in [3.63, 3.8) is 0 Å². The standard InChI is InChI=1S/C12H22N2O3S/c1-7(2)10(11(15)16)13-12(17)14-5-6-18-9(4)8(14)3/h7-10H,5-6H2,1-4H3,(H,13,17)(H,15,16)/t8?,9?,10-/m1/s1. The van der Waals surface area contributed by atoms with Crippen LogP contribution in [0, 0.1) is 5.92 Å². The summed E-state index contributed by atoms with van der Waals surface area (Å²) in [6.45, 7) is 8.34. The van der Waals surface area contributed by atoms with Gasteiger partial charge in [-0.25, -0.2) is 9.59 Å². The number of nitrogens with zero attached hydrogens (tertiary/aromatic N) is 1. The van der Waals surface area contributed by atoms with E-state index >= 15 is 0 Å². The lowest BCUT2D eigenvalue weighted by molar-refractivity contribution is -0.140. The van der Waals surface area contributed by atoms with Crippen LogP contribution in [0.2, 0.25) is 0 Å². The minimum absolute atomic E-state index is 0.127. The molecule has 18 heavy (non-hydrogen) atoms. The van der Waals surface area contributed by atoms with E-state index in [0.29, 0.717) is 11.8 Å². The van der Waals surface area contributed by atoms with Gasteiger partial charge in [0.15, 0.2) is 0 Å². The molecule has 1 heterocycles. The number of hydrogen-bond acceptors (Lipinski definition) is 3. The normalized spacial score (nSPS) is 25.9. The maximum absolute atomic E-state index is 12.1. The summed E-state index contributed by atoms with van der Waals surface area (Å²) >= 11 is 1.84. The van der Waals surface area contributed by atoms with E-state index in [0.717, 1.165) is 5.75 Å². The number of carboxylic acids is 1. The van der Waals surface area contributed by atoms with Gasteiger partial charge in [-0.1, -0.05) is 20.8 Å². The first-order valence-corrected chi connectivity index (χ1v) is 7.31. The topological polar surface area (TPSA) is 69.6 Å². The quantitative estimate of drug-likeness (QED) is 0.820. The zero-order chi connectivity index (χ0) is 13.9. The lowest BCUT2D eigenvalue weighted by Crippen LogP contribution is -2.56. The Kier molecular flexibility index (Phi) is 5.31. The van der Waals surface area contributed by atoms with Gasteiger partial charge in [-0.3, -0.25) is 0 Å². The minimum Gasteiger partial charge on any atom is -0.480 e. The highest BCUT2D eigenvalue weighted by Gasteiger charge is 2.32. The molecule has 1 aliphatic rings. The van der Waals surface area contributed by atoms with Gasteiger partial charge in [0.1, 0.15) is 6.04 Å². The van der Waals surface area contributed by atoms with Crippen LogP contribution in [-0.4, -0.2) is 51.6 Å². The summed E-state index contributed by atoms with van der Waals surface area (Å²) in [6, 6.07) is -0.962. The summed E-state index contributed by atoms with van der Waals surface area (Å²) in [5.74, 6) is -0.206. The number of thioether (sulfide) groups is 1. The molecule has 1 fully saturated rings. The third kappa shape index (κ3) is 3.54. The van der Waals surface area contributed by atoms with Crippen LogP contribution in [0.1, 0.15) is 27.7 Å². The summed E-state index contributed by atoms with van der Waals surface area (Å²) in [4.78, 5) is 24.9. The molecule has 0 aromatic carbocycles. The molecule has 2 unspecified atom stereocenters. The first kappa shape index (κ1) is 15.1. The molecule has 104 valence electrons. The highest BCUT2D eigenvalue weighted by Crippen LogP contribution is 2.24. The molecule has 0 aliphatic carbocycles. The molecular formula is C12H22N2O3S. The van der Waals surface area contributed by atoms with Crippen molar-refractivity contribution < 1.29 is 14.7 Å². The van der Waals surface area contributed by atoms with Crippen molar-refractivity contribution in [1.82, 2.24) is 10.2 Å². The molecule has 0 aromatic rings. The zero-order valence-corrected chi connectivity index (χ0v) is 12.2. The Morgan fingerprint density at radius 3 is 2.50 bits per heavy atom. The summed E-state index contributed by atoms with van der Waals surface area (Å²) in [7, 11) is 0. The first-order chi connectivity index (χ1) is 8.34. The smallest absolute Gasteiger partial charge is 0.326 e. The number of amides is 2.